The fourth-order valence-corrected chi connectivity index (χ4v) is 9.03. The van der Waals surface area contributed by atoms with Crippen molar-refractivity contribution in [3.63, 3.8) is 0 Å². The maximum absolute atomic E-state index is 16.1. The molecule has 9 heteroatoms. The molecular weight excluding hydrogens is 523 g/mol. The predicted octanol–water partition coefficient (Wildman–Crippen LogP) is 2.47. The Morgan fingerprint density at radius 2 is 1.85 bits per heavy atom. The molecule has 8 nitrogen and oxygen atoms in total. The summed E-state index contributed by atoms with van der Waals surface area (Å²) in [6.07, 6.45) is 6.95. The van der Waals surface area contributed by atoms with E-state index in [0.717, 1.165) is 25.8 Å². The summed E-state index contributed by atoms with van der Waals surface area (Å²) in [7, 11) is 0. The number of aliphatic hydroxyl groups excluding tert-OH is 1. The number of alkyl halides is 1. The van der Waals surface area contributed by atoms with Crippen LogP contribution < -0.4 is 11.1 Å². The van der Waals surface area contributed by atoms with Gasteiger partial charge in [-0.05, 0) is 43.1 Å². The number of fused-ring (bicyclic) bond motifs is 3. The zero-order chi connectivity index (χ0) is 28.2. The van der Waals surface area contributed by atoms with E-state index in [2.05, 4.69) is 15.1 Å². The molecule has 3 heterocycles. The lowest BCUT2D eigenvalue weighted by atomic mass is 9.64. The van der Waals surface area contributed by atoms with Gasteiger partial charge in [0.25, 0.3) is 5.91 Å². The van der Waals surface area contributed by atoms with Crippen LogP contribution in [0.15, 0.2) is 42.1 Å². The molecule has 0 aromatic heterocycles. The first-order valence-corrected chi connectivity index (χ1v) is 15.7. The standard InChI is InChI=1S/C32H43FN4O4/c33-24-14-22-28-31(29(24)36-11-10-21(34)16-36)41-27-13-20-9-5-4-8-19(20)12-25(27)37(28)17-23(30(22)39)32(40)35-15-26(38)18-6-2-1-3-7-18/h1-3,6-7,17,19-22,24-29,31,38H,4-5,8-16,34H2,(H,35,40). The molecule has 5 fully saturated rings. The summed E-state index contributed by atoms with van der Waals surface area (Å²) in [6.45, 7) is 1.37. The van der Waals surface area contributed by atoms with Gasteiger partial charge in [-0.2, -0.15) is 0 Å². The molecule has 6 aliphatic rings. The van der Waals surface area contributed by atoms with Crippen molar-refractivity contribution < 1.29 is 23.8 Å². The molecular formula is C32H43FN4O4. The number of aliphatic hydroxyl groups is 1. The van der Waals surface area contributed by atoms with Gasteiger partial charge >= 0.3 is 0 Å². The molecule has 3 saturated carbocycles. The van der Waals surface area contributed by atoms with Crippen LogP contribution in [0.4, 0.5) is 4.39 Å². The highest BCUT2D eigenvalue weighted by molar-refractivity contribution is 6.20. The lowest BCUT2D eigenvalue weighted by Gasteiger charge is -2.61. The Morgan fingerprint density at radius 3 is 2.59 bits per heavy atom. The fraction of sp³-hybridized carbons (Fsp3) is 0.688. The predicted molar refractivity (Wildman–Crippen MR) is 151 cm³/mol. The summed E-state index contributed by atoms with van der Waals surface area (Å²) < 4.78 is 23.0. The second-order valence-corrected chi connectivity index (χ2v) is 13.4. The second-order valence-electron chi connectivity index (χ2n) is 13.4. The van der Waals surface area contributed by atoms with E-state index in [-0.39, 0.29) is 48.6 Å². The number of benzene rings is 1. The SMILES string of the molecule is NC1CCN(C2C(F)CC3C(=O)C(C(=O)NCC(O)c4ccccc4)=CN4C5CC6CCCCC6CC5OC2C34)C1. The van der Waals surface area contributed by atoms with Crippen LogP contribution in [0, 0.1) is 17.8 Å². The van der Waals surface area contributed by atoms with Gasteiger partial charge in [-0.15, -0.1) is 0 Å². The fourth-order valence-electron chi connectivity index (χ4n) is 9.03. The van der Waals surface area contributed by atoms with Crippen molar-refractivity contribution in [2.45, 2.75) is 100 Å². The van der Waals surface area contributed by atoms with Gasteiger partial charge in [0.2, 0.25) is 0 Å². The van der Waals surface area contributed by atoms with E-state index in [0.29, 0.717) is 23.9 Å². The number of carbonyl (C=O) groups excluding carboxylic acids is 2. The van der Waals surface area contributed by atoms with Crippen LogP contribution in [0.2, 0.25) is 0 Å². The highest BCUT2D eigenvalue weighted by Crippen LogP contribution is 2.51. The average molecular weight is 567 g/mol. The number of ketones is 1. The molecule has 7 rings (SSSR count). The lowest BCUT2D eigenvalue weighted by molar-refractivity contribution is -0.219. The molecule has 11 unspecified atom stereocenters. The number of nitrogens with two attached hydrogens (primary N) is 1. The highest BCUT2D eigenvalue weighted by Gasteiger charge is 2.60. The average Bonchev–Trinajstić information content (AvgIpc) is 3.41. The monoisotopic (exact) mass is 566 g/mol. The molecule has 11 atom stereocenters. The number of morpholine rings is 1. The molecule has 1 amide bonds. The Bertz CT molecular complexity index is 1180. The Hall–Kier alpha value is -2.33. The normalized spacial score (nSPS) is 41.1. The Balaban J connectivity index is 1.19. The van der Waals surface area contributed by atoms with Gasteiger partial charge < -0.3 is 25.8 Å². The molecule has 3 aliphatic carbocycles. The molecule has 41 heavy (non-hydrogen) atoms. The van der Waals surface area contributed by atoms with Crippen LogP contribution in [0.3, 0.4) is 0 Å². The van der Waals surface area contributed by atoms with E-state index in [1.807, 2.05) is 18.2 Å². The molecule has 222 valence electrons. The zero-order valence-corrected chi connectivity index (χ0v) is 23.6. The number of nitrogens with one attached hydrogen (secondary N) is 1. The second kappa shape index (κ2) is 11.1. The van der Waals surface area contributed by atoms with E-state index in [1.165, 1.54) is 25.7 Å². The third-order valence-electron chi connectivity index (χ3n) is 11.0. The summed E-state index contributed by atoms with van der Waals surface area (Å²) in [6, 6.07) is 8.51. The topological polar surface area (TPSA) is 108 Å². The smallest absolute Gasteiger partial charge is 0.256 e. The van der Waals surface area contributed by atoms with E-state index in [4.69, 9.17) is 10.5 Å². The van der Waals surface area contributed by atoms with Crippen molar-refractivity contribution in [2.75, 3.05) is 19.6 Å². The largest absolute Gasteiger partial charge is 0.387 e. The van der Waals surface area contributed by atoms with E-state index in [1.54, 1.807) is 18.3 Å². The molecule has 4 N–H and O–H groups in total. The quantitative estimate of drug-likeness (QED) is 0.470. The van der Waals surface area contributed by atoms with Crippen molar-refractivity contribution in [3.8, 4) is 0 Å². The summed E-state index contributed by atoms with van der Waals surface area (Å²) in [5.41, 5.74) is 7.00. The summed E-state index contributed by atoms with van der Waals surface area (Å²) in [5.74, 6) is -0.207. The number of hydrogen-bond donors (Lipinski definition) is 3. The van der Waals surface area contributed by atoms with Crippen molar-refractivity contribution in [1.29, 1.82) is 0 Å². The highest BCUT2D eigenvalue weighted by atomic mass is 19.1. The van der Waals surface area contributed by atoms with Crippen LogP contribution in [-0.4, -0.2) is 88.8 Å². The first-order valence-electron chi connectivity index (χ1n) is 15.7. The van der Waals surface area contributed by atoms with Crippen LogP contribution in [0.5, 0.6) is 0 Å². The Labute approximate surface area is 241 Å². The maximum atomic E-state index is 16.1. The van der Waals surface area contributed by atoms with Crippen LogP contribution in [0.25, 0.3) is 0 Å². The number of ether oxygens (including phenoxy) is 1. The minimum absolute atomic E-state index is 0.00781. The third kappa shape index (κ3) is 4.92. The number of Topliss-reactive ketones (excluding diaryl/α,β-unsaturated/α-hetero) is 1. The van der Waals surface area contributed by atoms with Gasteiger partial charge in [0.1, 0.15) is 6.17 Å². The van der Waals surface area contributed by atoms with Crippen LogP contribution >= 0.6 is 0 Å². The van der Waals surface area contributed by atoms with Crippen molar-refractivity contribution in [3.05, 3.63) is 47.7 Å². The minimum Gasteiger partial charge on any atom is -0.387 e. The first kappa shape index (κ1) is 27.5. The summed E-state index contributed by atoms with van der Waals surface area (Å²) >= 11 is 0. The van der Waals surface area contributed by atoms with Gasteiger partial charge in [0.05, 0.1) is 42.0 Å². The Kier molecular flexibility index (Phi) is 7.42. The molecule has 1 aromatic rings. The van der Waals surface area contributed by atoms with E-state index in [9.17, 15) is 14.7 Å². The van der Waals surface area contributed by atoms with E-state index < -0.39 is 36.2 Å². The molecule has 2 saturated heterocycles. The summed E-state index contributed by atoms with van der Waals surface area (Å²) in [4.78, 5) is 31.8. The van der Waals surface area contributed by atoms with Crippen molar-refractivity contribution in [2.24, 2.45) is 23.5 Å². The molecule has 3 aliphatic heterocycles. The van der Waals surface area contributed by atoms with Crippen LogP contribution in [0.1, 0.15) is 63.0 Å². The number of likely N-dealkylation sites (tertiary alicyclic amines) is 1. The number of halogens is 1. The van der Waals surface area contributed by atoms with Crippen molar-refractivity contribution in [1.82, 2.24) is 15.1 Å². The number of carbonyl (C=O) groups is 2. The molecule has 0 bridgehead atoms. The van der Waals surface area contributed by atoms with Gasteiger partial charge in [-0.3, -0.25) is 14.5 Å². The summed E-state index contributed by atoms with van der Waals surface area (Å²) in [5, 5.41) is 13.4. The van der Waals surface area contributed by atoms with Gasteiger partial charge in [-0.1, -0.05) is 56.0 Å². The van der Waals surface area contributed by atoms with Crippen molar-refractivity contribution >= 4 is 11.7 Å². The number of amides is 1. The van der Waals surface area contributed by atoms with E-state index >= 15 is 4.39 Å². The lowest BCUT2D eigenvalue weighted by Crippen LogP contribution is -2.73. The van der Waals surface area contributed by atoms with Crippen LogP contribution in [-0.2, 0) is 14.3 Å². The molecule has 0 spiro atoms. The van der Waals surface area contributed by atoms with Gasteiger partial charge in [0, 0.05) is 37.8 Å². The number of hydrogen-bond acceptors (Lipinski definition) is 7. The third-order valence-corrected chi connectivity index (χ3v) is 11.0. The zero-order valence-electron chi connectivity index (χ0n) is 23.6. The minimum atomic E-state index is -1.23. The van der Waals surface area contributed by atoms with Gasteiger partial charge in [-0.25, -0.2) is 4.39 Å². The Morgan fingerprint density at radius 1 is 1.10 bits per heavy atom. The molecule has 1 aromatic carbocycles. The number of rotatable bonds is 5. The first-order chi connectivity index (χ1) is 19.9. The van der Waals surface area contributed by atoms with Gasteiger partial charge in [0.15, 0.2) is 5.78 Å². The molecule has 0 radical (unpaired) electrons. The maximum Gasteiger partial charge on any atom is 0.256 e. The number of nitrogens with zero attached hydrogens (tertiary/aromatic N) is 2.